The van der Waals surface area contributed by atoms with E-state index in [0.717, 1.165) is 0 Å². The zero-order valence-electron chi connectivity index (χ0n) is 11.4. The fraction of sp³-hybridized carbons (Fsp3) is 0.538. The molecule has 0 fully saturated rings. The third kappa shape index (κ3) is 4.84. The molecule has 0 unspecified atom stereocenters. The van der Waals surface area contributed by atoms with Gasteiger partial charge in [0.25, 0.3) is 5.69 Å². The van der Waals surface area contributed by atoms with Gasteiger partial charge in [0.1, 0.15) is 12.4 Å². The summed E-state index contributed by atoms with van der Waals surface area (Å²) in [5, 5.41) is 10.7. The van der Waals surface area contributed by atoms with Crippen LogP contribution < -0.4 is 4.74 Å². The summed E-state index contributed by atoms with van der Waals surface area (Å²) in [5.74, 6) is 0.563. The maximum atomic E-state index is 10.7. The fourth-order valence-electron chi connectivity index (χ4n) is 1.60. The van der Waals surface area contributed by atoms with Gasteiger partial charge in [-0.15, -0.1) is 0 Å². The number of rotatable bonds is 8. The Kier molecular flexibility index (Phi) is 6.24. The van der Waals surface area contributed by atoms with E-state index in [0.29, 0.717) is 24.5 Å². The normalized spacial score (nSPS) is 10.7. The molecule has 0 N–H and O–H groups in total. The molecule has 19 heavy (non-hydrogen) atoms. The molecule has 0 aromatic heterocycles. The summed E-state index contributed by atoms with van der Waals surface area (Å²) in [4.78, 5) is 10.3. The van der Waals surface area contributed by atoms with Crippen LogP contribution in [0.25, 0.3) is 0 Å². The van der Waals surface area contributed by atoms with Gasteiger partial charge >= 0.3 is 0 Å². The quantitative estimate of drug-likeness (QED) is 0.412. The van der Waals surface area contributed by atoms with E-state index in [1.54, 1.807) is 19.1 Å². The Morgan fingerprint density at radius 3 is 2.37 bits per heavy atom. The number of hydrogen-bond donors (Lipinski definition) is 0. The second kappa shape index (κ2) is 7.70. The van der Waals surface area contributed by atoms with Gasteiger partial charge in [-0.2, -0.15) is 0 Å². The molecular weight excluding hydrogens is 250 g/mol. The number of nitro benzene ring substituents is 1. The van der Waals surface area contributed by atoms with Gasteiger partial charge in [-0.05, 0) is 32.9 Å². The van der Waals surface area contributed by atoms with Gasteiger partial charge in [-0.1, -0.05) is 0 Å². The molecule has 0 spiro atoms. The lowest BCUT2D eigenvalue weighted by molar-refractivity contribution is -0.385. The molecule has 0 amide bonds. The van der Waals surface area contributed by atoms with Crippen LogP contribution in [0.5, 0.6) is 5.75 Å². The minimum absolute atomic E-state index is 0.0820. The SMILES string of the molecule is CCOC(COc1ccc([N+](=O)[O-])c(C)c1)OCC. The van der Waals surface area contributed by atoms with Crippen LogP contribution in [0.1, 0.15) is 19.4 Å². The van der Waals surface area contributed by atoms with E-state index >= 15 is 0 Å². The van der Waals surface area contributed by atoms with Crippen LogP contribution in [-0.4, -0.2) is 31.0 Å². The van der Waals surface area contributed by atoms with Gasteiger partial charge < -0.3 is 14.2 Å². The molecule has 1 aromatic carbocycles. The minimum Gasteiger partial charge on any atom is -0.488 e. The summed E-state index contributed by atoms with van der Waals surface area (Å²) in [6, 6.07) is 4.63. The second-order valence-corrected chi connectivity index (χ2v) is 3.86. The smallest absolute Gasteiger partial charge is 0.272 e. The lowest BCUT2D eigenvalue weighted by Gasteiger charge is -2.17. The number of aryl methyl sites for hydroxylation is 1. The van der Waals surface area contributed by atoms with Crippen molar-refractivity contribution < 1.29 is 19.1 Å². The molecule has 106 valence electrons. The molecule has 0 aliphatic rings. The number of benzene rings is 1. The van der Waals surface area contributed by atoms with Gasteiger partial charge in [0.15, 0.2) is 6.29 Å². The van der Waals surface area contributed by atoms with Crippen molar-refractivity contribution in [1.82, 2.24) is 0 Å². The molecule has 6 nitrogen and oxygen atoms in total. The van der Waals surface area contributed by atoms with Gasteiger partial charge in [0.05, 0.1) is 4.92 Å². The summed E-state index contributed by atoms with van der Waals surface area (Å²) >= 11 is 0. The summed E-state index contributed by atoms with van der Waals surface area (Å²) in [7, 11) is 0. The molecule has 0 radical (unpaired) electrons. The average Bonchev–Trinajstić information content (AvgIpc) is 2.36. The van der Waals surface area contributed by atoms with Crippen molar-refractivity contribution in [1.29, 1.82) is 0 Å². The van der Waals surface area contributed by atoms with E-state index < -0.39 is 11.2 Å². The zero-order valence-corrected chi connectivity index (χ0v) is 11.4. The zero-order chi connectivity index (χ0) is 14.3. The van der Waals surface area contributed by atoms with Crippen molar-refractivity contribution in [3.05, 3.63) is 33.9 Å². The molecular formula is C13H19NO5. The van der Waals surface area contributed by atoms with Crippen molar-refractivity contribution in [3.63, 3.8) is 0 Å². The van der Waals surface area contributed by atoms with Crippen LogP contribution in [0.15, 0.2) is 18.2 Å². The highest BCUT2D eigenvalue weighted by molar-refractivity contribution is 5.44. The van der Waals surface area contributed by atoms with Crippen LogP contribution >= 0.6 is 0 Å². The number of nitro groups is 1. The molecule has 0 saturated carbocycles. The van der Waals surface area contributed by atoms with E-state index in [9.17, 15) is 10.1 Å². The van der Waals surface area contributed by atoms with Crippen LogP contribution in [0.2, 0.25) is 0 Å². The van der Waals surface area contributed by atoms with Gasteiger partial charge in [-0.25, -0.2) is 0 Å². The Bertz CT molecular complexity index is 415. The Hall–Kier alpha value is -1.66. The van der Waals surface area contributed by atoms with Crippen molar-refractivity contribution >= 4 is 5.69 Å². The third-order valence-corrected chi connectivity index (χ3v) is 2.46. The third-order valence-electron chi connectivity index (χ3n) is 2.46. The highest BCUT2D eigenvalue weighted by Crippen LogP contribution is 2.23. The fourth-order valence-corrected chi connectivity index (χ4v) is 1.60. The van der Waals surface area contributed by atoms with Crippen molar-refractivity contribution in [2.45, 2.75) is 27.1 Å². The Morgan fingerprint density at radius 1 is 1.26 bits per heavy atom. The topological polar surface area (TPSA) is 70.8 Å². The Balaban J connectivity index is 2.62. The molecule has 1 rings (SSSR count). The van der Waals surface area contributed by atoms with E-state index in [-0.39, 0.29) is 12.3 Å². The molecule has 0 aliphatic carbocycles. The summed E-state index contributed by atoms with van der Waals surface area (Å²) in [5.41, 5.74) is 0.644. The van der Waals surface area contributed by atoms with E-state index in [1.807, 2.05) is 13.8 Å². The summed E-state index contributed by atoms with van der Waals surface area (Å²) < 4.78 is 16.2. The molecule has 0 bridgehead atoms. The highest BCUT2D eigenvalue weighted by atomic mass is 16.7. The average molecular weight is 269 g/mol. The predicted octanol–water partition coefficient (Wildman–Crippen LogP) is 2.68. The molecule has 0 atom stereocenters. The van der Waals surface area contributed by atoms with Gasteiger partial charge in [-0.3, -0.25) is 10.1 Å². The van der Waals surface area contributed by atoms with Crippen LogP contribution in [0.3, 0.4) is 0 Å². The first-order chi connectivity index (χ1) is 9.08. The lowest BCUT2D eigenvalue weighted by atomic mass is 10.2. The van der Waals surface area contributed by atoms with Crippen LogP contribution in [-0.2, 0) is 9.47 Å². The second-order valence-electron chi connectivity index (χ2n) is 3.86. The Morgan fingerprint density at radius 2 is 1.89 bits per heavy atom. The first kappa shape index (κ1) is 15.4. The molecule has 1 aromatic rings. The van der Waals surface area contributed by atoms with Crippen LogP contribution in [0.4, 0.5) is 5.69 Å². The van der Waals surface area contributed by atoms with Crippen molar-refractivity contribution in [2.75, 3.05) is 19.8 Å². The van der Waals surface area contributed by atoms with E-state index in [4.69, 9.17) is 14.2 Å². The number of ether oxygens (including phenoxy) is 3. The number of nitrogens with zero attached hydrogens (tertiary/aromatic N) is 1. The first-order valence-corrected chi connectivity index (χ1v) is 6.19. The van der Waals surface area contributed by atoms with E-state index in [1.165, 1.54) is 6.07 Å². The lowest BCUT2D eigenvalue weighted by Crippen LogP contribution is -2.25. The van der Waals surface area contributed by atoms with Gasteiger partial charge in [0, 0.05) is 24.8 Å². The molecule has 0 aliphatic heterocycles. The highest BCUT2D eigenvalue weighted by Gasteiger charge is 2.12. The maximum absolute atomic E-state index is 10.7. The minimum atomic E-state index is -0.425. The van der Waals surface area contributed by atoms with Crippen LogP contribution in [0, 0.1) is 17.0 Å². The number of hydrogen-bond acceptors (Lipinski definition) is 5. The summed E-state index contributed by atoms with van der Waals surface area (Å²) in [6.45, 7) is 6.75. The molecule has 0 saturated heterocycles. The standard InChI is InChI=1S/C13H19NO5/c1-4-17-13(18-5-2)9-19-11-6-7-12(14(15)16)10(3)8-11/h6-8,13H,4-5,9H2,1-3H3. The molecule has 0 heterocycles. The molecule has 6 heteroatoms. The predicted molar refractivity (Wildman–Crippen MR) is 70.4 cm³/mol. The Labute approximate surface area is 112 Å². The van der Waals surface area contributed by atoms with Crippen molar-refractivity contribution in [3.8, 4) is 5.75 Å². The largest absolute Gasteiger partial charge is 0.488 e. The van der Waals surface area contributed by atoms with Gasteiger partial charge in [0.2, 0.25) is 0 Å². The maximum Gasteiger partial charge on any atom is 0.272 e. The van der Waals surface area contributed by atoms with E-state index in [2.05, 4.69) is 0 Å². The first-order valence-electron chi connectivity index (χ1n) is 6.19. The van der Waals surface area contributed by atoms with Crippen molar-refractivity contribution in [2.24, 2.45) is 0 Å². The monoisotopic (exact) mass is 269 g/mol. The summed E-state index contributed by atoms with van der Waals surface area (Å²) in [6.07, 6.45) is -0.425.